The standard InChI is InChI=1S/C11H23NO2/c1-4-9(2)12(3)7-11(13)10-5-6-14-8-10/h9-11,13H,4-8H2,1-3H3. The monoisotopic (exact) mass is 201 g/mol. The van der Waals surface area contributed by atoms with Crippen LogP contribution in [0.3, 0.4) is 0 Å². The van der Waals surface area contributed by atoms with E-state index in [2.05, 4.69) is 25.8 Å². The third-order valence-corrected chi connectivity index (χ3v) is 3.33. The van der Waals surface area contributed by atoms with E-state index in [0.717, 1.165) is 32.6 Å². The van der Waals surface area contributed by atoms with Gasteiger partial charge in [0.1, 0.15) is 0 Å². The molecule has 0 aliphatic carbocycles. The summed E-state index contributed by atoms with van der Waals surface area (Å²) in [5, 5.41) is 9.94. The lowest BCUT2D eigenvalue weighted by molar-refractivity contribution is 0.0529. The van der Waals surface area contributed by atoms with Crippen LogP contribution in [0.25, 0.3) is 0 Å². The number of hydrogen-bond donors (Lipinski definition) is 1. The minimum absolute atomic E-state index is 0.225. The number of aliphatic hydroxyl groups excluding tert-OH is 1. The molecule has 0 saturated carbocycles. The highest BCUT2D eigenvalue weighted by Crippen LogP contribution is 2.17. The minimum Gasteiger partial charge on any atom is -0.391 e. The highest BCUT2D eigenvalue weighted by Gasteiger charge is 2.25. The number of nitrogens with zero attached hydrogens (tertiary/aromatic N) is 1. The molecule has 1 aliphatic rings. The maximum Gasteiger partial charge on any atom is 0.0718 e. The molecule has 1 fully saturated rings. The summed E-state index contributed by atoms with van der Waals surface area (Å²) in [7, 11) is 2.08. The summed E-state index contributed by atoms with van der Waals surface area (Å²) in [6.07, 6.45) is 1.91. The number of likely N-dealkylation sites (N-methyl/N-ethyl adjacent to an activating group) is 1. The Kier molecular flexibility index (Phi) is 4.85. The molecule has 0 radical (unpaired) electrons. The van der Waals surface area contributed by atoms with E-state index in [0.29, 0.717) is 12.0 Å². The average molecular weight is 201 g/mol. The molecule has 0 spiro atoms. The van der Waals surface area contributed by atoms with E-state index in [9.17, 15) is 5.11 Å². The zero-order chi connectivity index (χ0) is 10.6. The predicted octanol–water partition coefficient (Wildman–Crippen LogP) is 1.11. The lowest BCUT2D eigenvalue weighted by Gasteiger charge is -2.28. The van der Waals surface area contributed by atoms with Gasteiger partial charge in [-0.15, -0.1) is 0 Å². The Morgan fingerprint density at radius 3 is 2.79 bits per heavy atom. The van der Waals surface area contributed by atoms with Gasteiger partial charge in [0.15, 0.2) is 0 Å². The molecular weight excluding hydrogens is 178 g/mol. The smallest absolute Gasteiger partial charge is 0.0718 e. The highest BCUT2D eigenvalue weighted by atomic mass is 16.5. The van der Waals surface area contributed by atoms with E-state index in [-0.39, 0.29) is 6.10 Å². The second-order valence-corrected chi connectivity index (χ2v) is 4.39. The summed E-state index contributed by atoms with van der Waals surface area (Å²) in [4.78, 5) is 2.23. The third-order valence-electron chi connectivity index (χ3n) is 3.33. The summed E-state index contributed by atoms with van der Waals surface area (Å²) >= 11 is 0. The van der Waals surface area contributed by atoms with Gasteiger partial charge in [-0.3, -0.25) is 0 Å². The van der Waals surface area contributed by atoms with E-state index in [1.165, 1.54) is 0 Å². The molecule has 3 heteroatoms. The first-order valence-electron chi connectivity index (χ1n) is 5.61. The van der Waals surface area contributed by atoms with Crippen LogP contribution < -0.4 is 0 Å². The van der Waals surface area contributed by atoms with E-state index in [4.69, 9.17) is 4.74 Å². The molecule has 0 aromatic heterocycles. The van der Waals surface area contributed by atoms with Crippen molar-refractivity contribution in [3.63, 3.8) is 0 Å². The van der Waals surface area contributed by atoms with Crippen molar-refractivity contribution in [2.24, 2.45) is 5.92 Å². The molecule has 3 unspecified atom stereocenters. The highest BCUT2D eigenvalue weighted by molar-refractivity contribution is 4.76. The second kappa shape index (κ2) is 5.69. The first-order valence-corrected chi connectivity index (χ1v) is 5.61. The van der Waals surface area contributed by atoms with Crippen LogP contribution in [0, 0.1) is 5.92 Å². The second-order valence-electron chi connectivity index (χ2n) is 4.39. The fraction of sp³-hybridized carbons (Fsp3) is 1.00. The number of aliphatic hydroxyl groups is 1. The van der Waals surface area contributed by atoms with E-state index >= 15 is 0 Å². The number of rotatable bonds is 5. The Bertz CT molecular complexity index is 157. The molecule has 14 heavy (non-hydrogen) atoms. The van der Waals surface area contributed by atoms with Crippen LogP contribution in [0.15, 0.2) is 0 Å². The van der Waals surface area contributed by atoms with Crippen molar-refractivity contribution in [2.75, 3.05) is 26.8 Å². The molecule has 0 aromatic carbocycles. The van der Waals surface area contributed by atoms with Crippen molar-refractivity contribution in [1.29, 1.82) is 0 Å². The quantitative estimate of drug-likeness (QED) is 0.723. The molecule has 1 heterocycles. The van der Waals surface area contributed by atoms with Crippen molar-refractivity contribution >= 4 is 0 Å². The first-order chi connectivity index (χ1) is 6.65. The average Bonchev–Trinajstić information content (AvgIpc) is 2.69. The van der Waals surface area contributed by atoms with E-state index in [1.807, 2.05) is 0 Å². The van der Waals surface area contributed by atoms with Crippen LogP contribution in [0.1, 0.15) is 26.7 Å². The van der Waals surface area contributed by atoms with Gasteiger partial charge < -0.3 is 14.7 Å². The van der Waals surface area contributed by atoms with Gasteiger partial charge in [0.2, 0.25) is 0 Å². The molecule has 1 rings (SSSR count). The zero-order valence-electron chi connectivity index (χ0n) is 9.57. The Hall–Kier alpha value is -0.120. The summed E-state index contributed by atoms with van der Waals surface area (Å²) < 4.78 is 5.27. The fourth-order valence-corrected chi connectivity index (χ4v) is 1.79. The van der Waals surface area contributed by atoms with Gasteiger partial charge in [0.05, 0.1) is 12.7 Å². The van der Waals surface area contributed by atoms with Gasteiger partial charge in [0, 0.05) is 25.1 Å². The fourth-order valence-electron chi connectivity index (χ4n) is 1.79. The molecule has 1 N–H and O–H groups in total. The van der Waals surface area contributed by atoms with Gasteiger partial charge in [-0.2, -0.15) is 0 Å². The molecule has 3 atom stereocenters. The molecule has 3 nitrogen and oxygen atoms in total. The van der Waals surface area contributed by atoms with Crippen LogP contribution in [0.2, 0.25) is 0 Å². The minimum atomic E-state index is -0.225. The Labute approximate surface area is 87.1 Å². The van der Waals surface area contributed by atoms with Crippen LogP contribution >= 0.6 is 0 Å². The summed E-state index contributed by atoms with van der Waals surface area (Å²) in [6.45, 7) is 6.68. The number of ether oxygens (including phenoxy) is 1. The van der Waals surface area contributed by atoms with Gasteiger partial charge >= 0.3 is 0 Å². The van der Waals surface area contributed by atoms with E-state index < -0.39 is 0 Å². The maximum atomic E-state index is 9.94. The van der Waals surface area contributed by atoms with Crippen molar-refractivity contribution in [2.45, 2.75) is 38.8 Å². The normalized spacial score (nSPS) is 26.8. The van der Waals surface area contributed by atoms with Gasteiger partial charge in [-0.25, -0.2) is 0 Å². The van der Waals surface area contributed by atoms with Crippen LogP contribution in [-0.2, 0) is 4.74 Å². The van der Waals surface area contributed by atoms with E-state index in [1.54, 1.807) is 0 Å². The molecule has 0 aromatic rings. The van der Waals surface area contributed by atoms with Crippen molar-refractivity contribution < 1.29 is 9.84 Å². The van der Waals surface area contributed by atoms with Crippen LogP contribution in [0.4, 0.5) is 0 Å². The molecule has 1 saturated heterocycles. The van der Waals surface area contributed by atoms with Crippen molar-refractivity contribution in [3.8, 4) is 0 Å². The number of hydrogen-bond acceptors (Lipinski definition) is 3. The Morgan fingerprint density at radius 1 is 1.57 bits per heavy atom. The largest absolute Gasteiger partial charge is 0.391 e. The SMILES string of the molecule is CCC(C)N(C)CC(O)C1CCOC1. The zero-order valence-corrected chi connectivity index (χ0v) is 9.57. The summed E-state index contributed by atoms with van der Waals surface area (Å²) in [5.41, 5.74) is 0. The maximum absolute atomic E-state index is 9.94. The molecule has 0 amide bonds. The Balaban J connectivity index is 2.27. The summed E-state index contributed by atoms with van der Waals surface area (Å²) in [5.74, 6) is 0.349. The van der Waals surface area contributed by atoms with Crippen LogP contribution in [-0.4, -0.2) is 49.0 Å². The molecule has 0 bridgehead atoms. The Morgan fingerprint density at radius 2 is 2.29 bits per heavy atom. The molecule has 1 aliphatic heterocycles. The third kappa shape index (κ3) is 3.23. The molecule has 84 valence electrons. The lowest BCUT2D eigenvalue weighted by Crippen LogP contribution is -2.39. The first kappa shape index (κ1) is 12.0. The van der Waals surface area contributed by atoms with Gasteiger partial charge in [-0.1, -0.05) is 6.92 Å². The lowest BCUT2D eigenvalue weighted by atomic mass is 10.0. The molecular formula is C11H23NO2. The van der Waals surface area contributed by atoms with Crippen LogP contribution in [0.5, 0.6) is 0 Å². The summed E-state index contributed by atoms with van der Waals surface area (Å²) in [6, 6.07) is 0.548. The van der Waals surface area contributed by atoms with Gasteiger partial charge in [-0.05, 0) is 26.8 Å². The predicted molar refractivity (Wildman–Crippen MR) is 57.3 cm³/mol. The van der Waals surface area contributed by atoms with Gasteiger partial charge in [0.25, 0.3) is 0 Å². The van der Waals surface area contributed by atoms with Crippen molar-refractivity contribution in [3.05, 3.63) is 0 Å². The topological polar surface area (TPSA) is 32.7 Å². The van der Waals surface area contributed by atoms with Crippen molar-refractivity contribution in [1.82, 2.24) is 4.90 Å².